The molecular weight excluding hydrogens is 144 g/mol. The lowest BCUT2D eigenvalue weighted by molar-refractivity contribution is -0.118. The SMILES string of the molecule is Cc1ccc(OO[C]=O)cc1. The van der Waals surface area contributed by atoms with Crippen LogP contribution in [0.5, 0.6) is 5.75 Å². The Bertz CT molecular complexity index is 228. The lowest BCUT2D eigenvalue weighted by atomic mass is 10.2. The van der Waals surface area contributed by atoms with E-state index in [4.69, 9.17) is 0 Å². The third-order valence-corrected chi connectivity index (χ3v) is 1.19. The van der Waals surface area contributed by atoms with Crippen molar-refractivity contribution in [2.24, 2.45) is 0 Å². The Morgan fingerprint density at radius 2 is 1.91 bits per heavy atom. The topological polar surface area (TPSA) is 35.5 Å². The van der Waals surface area contributed by atoms with E-state index >= 15 is 0 Å². The van der Waals surface area contributed by atoms with Gasteiger partial charge in [-0.05, 0) is 19.1 Å². The summed E-state index contributed by atoms with van der Waals surface area (Å²) in [7, 11) is 0. The van der Waals surface area contributed by atoms with Gasteiger partial charge < -0.3 is 0 Å². The largest absolute Gasteiger partial charge is 0.467 e. The summed E-state index contributed by atoms with van der Waals surface area (Å²) in [5, 5.41) is 0. The Kier molecular flexibility index (Phi) is 2.49. The highest BCUT2D eigenvalue weighted by Gasteiger charge is 1.92. The summed E-state index contributed by atoms with van der Waals surface area (Å²) in [5.74, 6) is 0.485. The van der Waals surface area contributed by atoms with Crippen LogP contribution in [0.25, 0.3) is 0 Å². The van der Waals surface area contributed by atoms with Crippen LogP contribution in [0.15, 0.2) is 24.3 Å². The smallest absolute Gasteiger partial charge is 0.286 e. The van der Waals surface area contributed by atoms with Crippen LogP contribution in [0.4, 0.5) is 0 Å². The Labute approximate surface area is 64.5 Å². The number of aryl methyl sites for hydroxylation is 1. The normalized spacial score (nSPS) is 8.82. The van der Waals surface area contributed by atoms with Crippen LogP contribution in [0, 0.1) is 6.92 Å². The highest BCUT2D eigenvalue weighted by Crippen LogP contribution is 2.10. The van der Waals surface area contributed by atoms with Crippen molar-refractivity contribution in [3.63, 3.8) is 0 Å². The minimum absolute atomic E-state index is 0.485. The molecule has 1 aromatic carbocycles. The van der Waals surface area contributed by atoms with Gasteiger partial charge in [0, 0.05) is 0 Å². The Morgan fingerprint density at radius 1 is 1.27 bits per heavy atom. The Balaban J connectivity index is 2.58. The molecule has 3 nitrogen and oxygen atoms in total. The molecule has 0 N–H and O–H groups in total. The molecule has 0 unspecified atom stereocenters. The minimum Gasteiger partial charge on any atom is -0.286 e. The first-order valence-corrected chi connectivity index (χ1v) is 3.10. The molecule has 0 aromatic heterocycles. The quantitative estimate of drug-likeness (QED) is 0.483. The molecule has 0 saturated heterocycles. The Hall–Kier alpha value is -1.51. The molecule has 0 atom stereocenters. The highest BCUT2D eigenvalue weighted by molar-refractivity contribution is 5.37. The summed E-state index contributed by atoms with van der Waals surface area (Å²) >= 11 is 0. The third-order valence-electron chi connectivity index (χ3n) is 1.19. The summed E-state index contributed by atoms with van der Waals surface area (Å²) < 4.78 is 0. The molecule has 11 heavy (non-hydrogen) atoms. The van der Waals surface area contributed by atoms with Crippen molar-refractivity contribution in [1.29, 1.82) is 0 Å². The van der Waals surface area contributed by atoms with Crippen LogP contribution in [0.1, 0.15) is 5.56 Å². The maximum absolute atomic E-state index is 9.57. The van der Waals surface area contributed by atoms with E-state index in [1.807, 2.05) is 19.1 Å². The van der Waals surface area contributed by atoms with Crippen molar-refractivity contribution < 1.29 is 14.6 Å². The molecular formula is C8H7O3. The van der Waals surface area contributed by atoms with Gasteiger partial charge in [-0.2, -0.15) is 0 Å². The second kappa shape index (κ2) is 3.61. The minimum atomic E-state index is 0.485. The number of carbonyl (C=O) groups excluding carboxylic acids is 1. The molecule has 0 bridgehead atoms. The van der Waals surface area contributed by atoms with Gasteiger partial charge in [0.05, 0.1) is 0 Å². The fourth-order valence-corrected chi connectivity index (χ4v) is 0.659. The molecule has 3 heteroatoms. The fourth-order valence-electron chi connectivity index (χ4n) is 0.659. The number of hydrogen-bond acceptors (Lipinski definition) is 3. The van der Waals surface area contributed by atoms with Gasteiger partial charge in [-0.3, -0.25) is 4.89 Å². The molecule has 0 heterocycles. The van der Waals surface area contributed by atoms with Gasteiger partial charge in [-0.15, -0.1) is 0 Å². The van der Waals surface area contributed by atoms with E-state index in [9.17, 15) is 4.79 Å². The molecule has 0 aliphatic rings. The number of benzene rings is 1. The van der Waals surface area contributed by atoms with Gasteiger partial charge in [0.15, 0.2) is 5.75 Å². The van der Waals surface area contributed by atoms with Crippen LogP contribution in [-0.4, -0.2) is 6.47 Å². The van der Waals surface area contributed by atoms with Crippen molar-refractivity contribution in [2.75, 3.05) is 0 Å². The first-order valence-electron chi connectivity index (χ1n) is 3.10. The maximum atomic E-state index is 9.57. The molecule has 0 aliphatic heterocycles. The van der Waals surface area contributed by atoms with Gasteiger partial charge in [-0.25, -0.2) is 9.68 Å². The second-order valence-corrected chi connectivity index (χ2v) is 2.06. The van der Waals surface area contributed by atoms with Crippen LogP contribution >= 0.6 is 0 Å². The van der Waals surface area contributed by atoms with Crippen molar-refractivity contribution in [1.82, 2.24) is 0 Å². The maximum Gasteiger partial charge on any atom is 0.467 e. The molecule has 0 aliphatic carbocycles. The molecule has 1 aromatic rings. The van der Waals surface area contributed by atoms with Crippen molar-refractivity contribution in [3.8, 4) is 5.75 Å². The van der Waals surface area contributed by atoms with Crippen LogP contribution in [0.3, 0.4) is 0 Å². The van der Waals surface area contributed by atoms with Gasteiger partial charge in [0.2, 0.25) is 0 Å². The van der Waals surface area contributed by atoms with E-state index in [1.54, 1.807) is 12.1 Å². The van der Waals surface area contributed by atoms with Crippen LogP contribution in [0.2, 0.25) is 0 Å². The molecule has 1 radical (unpaired) electrons. The highest BCUT2D eigenvalue weighted by atomic mass is 17.2. The van der Waals surface area contributed by atoms with E-state index in [1.165, 1.54) is 0 Å². The predicted octanol–water partition coefficient (Wildman–Crippen LogP) is 1.37. The van der Waals surface area contributed by atoms with E-state index in [0.29, 0.717) is 5.75 Å². The first-order chi connectivity index (χ1) is 5.33. The van der Waals surface area contributed by atoms with Gasteiger partial charge in [0.25, 0.3) is 0 Å². The monoisotopic (exact) mass is 151 g/mol. The van der Waals surface area contributed by atoms with Crippen molar-refractivity contribution in [2.45, 2.75) is 6.92 Å². The first kappa shape index (κ1) is 7.60. The van der Waals surface area contributed by atoms with Crippen molar-refractivity contribution >= 4 is 6.47 Å². The van der Waals surface area contributed by atoms with E-state index < -0.39 is 0 Å². The zero-order valence-electron chi connectivity index (χ0n) is 6.03. The molecule has 57 valence electrons. The Morgan fingerprint density at radius 3 is 2.45 bits per heavy atom. The third kappa shape index (κ3) is 2.29. The second-order valence-electron chi connectivity index (χ2n) is 2.06. The molecule has 0 amide bonds. The fraction of sp³-hybridized carbons (Fsp3) is 0.125. The molecule has 1 rings (SSSR count). The van der Waals surface area contributed by atoms with Crippen LogP contribution in [-0.2, 0) is 9.68 Å². The average molecular weight is 151 g/mol. The van der Waals surface area contributed by atoms with Crippen molar-refractivity contribution in [3.05, 3.63) is 29.8 Å². The summed E-state index contributed by atoms with van der Waals surface area (Å²) in [6.45, 7) is 3.11. The zero-order valence-corrected chi connectivity index (χ0v) is 6.03. The van der Waals surface area contributed by atoms with Gasteiger partial charge in [-0.1, -0.05) is 17.7 Å². The molecule has 0 saturated carbocycles. The summed E-state index contributed by atoms with van der Waals surface area (Å²) in [6, 6.07) is 7.10. The van der Waals surface area contributed by atoms with Gasteiger partial charge >= 0.3 is 6.47 Å². The summed E-state index contributed by atoms with van der Waals surface area (Å²) in [5.41, 5.74) is 1.12. The number of hydrogen-bond donors (Lipinski definition) is 0. The van der Waals surface area contributed by atoms with Crippen LogP contribution < -0.4 is 4.89 Å². The number of rotatable bonds is 3. The zero-order chi connectivity index (χ0) is 8.10. The predicted molar refractivity (Wildman–Crippen MR) is 38.6 cm³/mol. The van der Waals surface area contributed by atoms with E-state index in [2.05, 4.69) is 9.78 Å². The summed E-state index contributed by atoms with van der Waals surface area (Å²) in [4.78, 5) is 18.0. The molecule has 0 fully saturated rings. The van der Waals surface area contributed by atoms with E-state index in [0.717, 1.165) is 12.0 Å². The lowest BCUT2D eigenvalue weighted by Gasteiger charge is -1.97. The van der Waals surface area contributed by atoms with E-state index in [-0.39, 0.29) is 0 Å². The average Bonchev–Trinajstić information content (AvgIpc) is 2.04. The lowest BCUT2D eigenvalue weighted by Crippen LogP contribution is -1.93. The summed E-state index contributed by atoms with van der Waals surface area (Å²) in [6.07, 6.45) is 0. The standard InChI is InChI=1S/C8H7O3/c1-7-2-4-8(5-3-7)11-10-6-9/h2-5H,1H3. The molecule has 0 spiro atoms. The van der Waals surface area contributed by atoms with Gasteiger partial charge in [0.1, 0.15) is 0 Å².